The van der Waals surface area contributed by atoms with Crippen molar-refractivity contribution in [1.29, 1.82) is 0 Å². The van der Waals surface area contributed by atoms with Gasteiger partial charge >= 0.3 is 0 Å². The van der Waals surface area contributed by atoms with E-state index in [1.807, 2.05) is 0 Å². The maximum atomic E-state index is 12.4. The molecular weight excluding hydrogens is 340 g/mol. The van der Waals surface area contributed by atoms with E-state index in [0.717, 1.165) is 24.8 Å². The molecular formula is C14H21BrN2O2S. The summed E-state index contributed by atoms with van der Waals surface area (Å²) in [5.41, 5.74) is 6.67. The van der Waals surface area contributed by atoms with E-state index in [4.69, 9.17) is 5.73 Å². The second kappa shape index (κ2) is 5.75. The van der Waals surface area contributed by atoms with E-state index < -0.39 is 10.0 Å². The molecule has 1 unspecified atom stereocenters. The molecule has 0 aromatic heterocycles. The number of nitrogens with two attached hydrogens (primary N) is 1. The van der Waals surface area contributed by atoms with Crippen LogP contribution in [0.4, 0.5) is 0 Å². The van der Waals surface area contributed by atoms with Gasteiger partial charge in [0.15, 0.2) is 0 Å². The largest absolute Gasteiger partial charge is 0.326 e. The number of nitrogens with one attached hydrogen (secondary N) is 1. The van der Waals surface area contributed by atoms with E-state index >= 15 is 0 Å². The summed E-state index contributed by atoms with van der Waals surface area (Å²) in [7, 11) is -3.49. The highest BCUT2D eigenvalue weighted by atomic mass is 79.9. The number of halogens is 1. The Labute approximate surface area is 129 Å². The third kappa shape index (κ3) is 3.61. The van der Waals surface area contributed by atoms with Gasteiger partial charge in [0.2, 0.25) is 10.0 Å². The zero-order valence-electron chi connectivity index (χ0n) is 11.8. The molecule has 0 spiro atoms. The summed E-state index contributed by atoms with van der Waals surface area (Å²) in [6.07, 6.45) is 2.82. The Kier molecular flexibility index (Phi) is 4.59. The van der Waals surface area contributed by atoms with Crippen LogP contribution in [0.15, 0.2) is 27.6 Å². The quantitative estimate of drug-likeness (QED) is 0.866. The average molecular weight is 361 g/mol. The Balaban J connectivity index is 2.19. The minimum absolute atomic E-state index is 0.0242. The van der Waals surface area contributed by atoms with Crippen LogP contribution in [0.25, 0.3) is 0 Å². The number of hydrogen-bond donors (Lipinski definition) is 2. The van der Waals surface area contributed by atoms with Crippen molar-refractivity contribution in [2.45, 2.75) is 50.6 Å². The highest BCUT2D eigenvalue weighted by molar-refractivity contribution is 9.10. The lowest BCUT2D eigenvalue weighted by molar-refractivity contribution is 0.372. The van der Waals surface area contributed by atoms with Crippen LogP contribution in [-0.2, 0) is 16.6 Å². The van der Waals surface area contributed by atoms with Crippen molar-refractivity contribution < 1.29 is 8.42 Å². The first kappa shape index (κ1) is 15.9. The van der Waals surface area contributed by atoms with Gasteiger partial charge in [0, 0.05) is 17.1 Å². The van der Waals surface area contributed by atoms with Crippen LogP contribution < -0.4 is 10.5 Å². The number of benzene rings is 1. The predicted molar refractivity (Wildman–Crippen MR) is 83.8 cm³/mol. The SMILES string of the molecule is CC1(C)CCC(NS(=O)(=O)c2ccc(CN)cc2Br)C1. The average Bonchev–Trinajstić information content (AvgIpc) is 2.67. The lowest BCUT2D eigenvalue weighted by Crippen LogP contribution is -2.33. The summed E-state index contributed by atoms with van der Waals surface area (Å²) in [5, 5.41) is 0. The summed E-state index contributed by atoms with van der Waals surface area (Å²) in [5.74, 6) is 0. The van der Waals surface area contributed by atoms with Crippen LogP contribution in [0.1, 0.15) is 38.7 Å². The lowest BCUT2D eigenvalue weighted by Gasteiger charge is -2.18. The second-order valence-corrected chi connectivity index (χ2v) is 8.73. The molecule has 0 bridgehead atoms. The molecule has 0 heterocycles. The fourth-order valence-electron chi connectivity index (χ4n) is 2.71. The van der Waals surface area contributed by atoms with Crippen LogP contribution >= 0.6 is 15.9 Å². The van der Waals surface area contributed by atoms with Crippen LogP contribution in [0.2, 0.25) is 0 Å². The van der Waals surface area contributed by atoms with E-state index in [1.54, 1.807) is 18.2 Å². The molecule has 0 aliphatic heterocycles. The van der Waals surface area contributed by atoms with Gasteiger partial charge in [-0.3, -0.25) is 0 Å². The fraction of sp³-hybridized carbons (Fsp3) is 0.571. The van der Waals surface area contributed by atoms with Gasteiger partial charge in [-0.25, -0.2) is 13.1 Å². The summed E-state index contributed by atoms with van der Waals surface area (Å²) in [4.78, 5) is 0.277. The molecule has 3 N–H and O–H groups in total. The maximum Gasteiger partial charge on any atom is 0.241 e. The van der Waals surface area contributed by atoms with Crippen molar-refractivity contribution in [2.24, 2.45) is 11.1 Å². The third-order valence-electron chi connectivity index (χ3n) is 3.81. The predicted octanol–water partition coefficient (Wildman–Crippen LogP) is 2.76. The van der Waals surface area contributed by atoms with Gasteiger partial charge in [0.05, 0.1) is 4.90 Å². The molecule has 112 valence electrons. The first-order valence-electron chi connectivity index (χ1n) is 6.74. The van der Waals surface area contributed by atoms with Crippen molar-refractivity contribution in [3.63, 3.8) is 0 Å². The van der Waals surface area contributed by atoms with Crippen molar-refractivity contribution in [3.05, 3.63) is 28.2 Å². The first-order chi connectivity index (χ1) is 9.23. The highest BCUT2D eigenvalue weighted by Crippen LogP contribution is 2.37. The molecule has 1 saturated carbocycles. The monoisotopic (exact) mass is 360 g/mol. The molecule has 0 radical (unpaired) electrons. The van der Waals surface area contributed by atoms with Crippen LogP contribution in [0, 0.1) is 5.41 Å². The topological polar surface area (TPSA) is 72.2 Å². The van der Waals surface area contributed by atoms with Gasteiger partial charge in [0.25, 0.3) is 0 Å². The van der Waals surface area contributed by atoms with E-state index in [-0.39, 0.29) is 16.4 Å². The number of hydrogen-bond acceptors (Lipinski definition) is 3. The smallest absolute Gasteiger partial charge is 0.241 e. The summed E-state index contributed by atoms with van der Waals surface area (Å²) in [6.45, 7) is 4.74. The lowest BCUT2D eigenvalue weighted by atomic mass is 9.92. The molecule has 2 rings (SSSR count). The third-order valence-corrected chi connectivity index (χ3v) is 6.31. The van der Waals surface area contributed by atoms with E-state index in [9.17, 15) is 8.42 Å². The van der Waals surface area contributed by atoms with Gasteiger partial charge in [-0.1, -0.05) is 19.9 Å². The molecule has 0 saturated heterocycles. The Bertz CT molecular complexity index is 599. The molecule has 1 fully saturated rings. The summed E-state index contributed by atoms with van der Waals surface area (Å²) < 4.78 is 28.3. The fourth-order valence-corrected chi connectivity index (χ4v) is 5.10. The molecule has 1 atom stereocenters. The second-order valence-electron chi connectivity index (χ2n) is 6.19. The van der Waals surface area contributed by atoms with Crippen molar-refractivity contribution in [1.82, 2.24) is 4.72 Å². The molecule has 0 amide bonds. The maximum absolute atomic E-state index is 12.4. The number of sulfonamides is 1. The van der Waals surface area contributed by atoms with Gasteiger partial charge in [-0.05, 0) is 58.3 Å². The van der Waals surface area contributed by atoms with Crippen LogP contribution in [0.3, 0.4) is 0 Å². The molecule has 6 heteroatoms. The van der Waals surface area contributed by atoms with Crippen LogP contribution in [-0.4, -0.2) is 14.5 Å². The first-order valence-corrected chi connectivity index (χ1v) is 9.02. The van der Waals surface area contributed by atoms with Gasteiger partial charge in [-0.15, -0.1) is 0 Å². The normalized spacial score (nSPS) is 22.1. The minimum Gasteiger partial charge on any atom is -0.326 e. The molecule has 1 aliphatic carbocycles. The zero-order valence-corrected chi connectivity index (χ0v) is 14.2. The van der Waals surface area contributed by atoms with Gasteiger partial charge < -0.3 is 5.73 Å². The van der Waals surface area contributed by atoms with E-state index in [0.29, 0.717) is 11.0 Å². The van der Waals surface area contributed by atoms with Crippen molar-refractivity contribution in [3.8, 4) is 0 Å². The standard InChI is InChI=1S/C14H21BrN2O2S/c1-14(2)6-5-11(8-14)17-20(18,19)13-4-3-10(9-16)7-12(13)15/h3-4,7,11,17H,5-6,8-9,16H2,1-2H3. The molecule has 20 heavy (non-hydrogen) atoms. The number of rotatable bonds is 4. The summed E-state index contributed by atoms with van der Waals surface area (Å²) in [6, 6.07) is 5.14. The van der Waals surface area contributed by atoms with E-state index in [1.165, 1.54) is 0 Å². The van der Waals surface area contributed by atoms with Crippen molar-refractivity contribution >= 4 is 26.0 Å². The van der Waals surface area contributed by atoms with Crippen LogP contribution in [0.5, 0.6) is 0 Å². The Morgan fingerprint density at radius 3 is 2.65 bits per heavy atom. The van der Waals surface area contributed by atoms with Crippen molar-refractivity contribution in [2.75, 3.05) is 0 Å². The van der Waals surface area contributed by atoms with E-state index in [2.05, 4.69) is 34.5 Å². The minimum atomic E-state index is -3.49. The molecule has 1 aromatic rings. The molecule has 4 nitrogen and oxygen atoms in total. The Morgan fingerprint density at radius 2 is 2.15 bits per heavy atom. The molecule has 1 aromatic carbocycles. The zero-order chi connectivity index (χ0) is 15.0. The summed E-state index contributed by atoms with van der Waals surface area (Å²) >= 11 is 3.32. The molecule has 1 aliphatic rings. The van der Waals surface area contributed by atoms with Gasteiger partial charge in [0.1, 0.15) is 0 Å². The van der Waals surface area contributed by atoms with Gasteiger partial charge in [-0.2, -0.15) is 0 Å². The highest BCUT2D eigenvalue weighted by Gasteiger charge is 2.33. The Morgan fingerprint density at radius 1 is 1.45 bits per heavy atom. The Hall–Kier alpha value is -0.430.